The van der Waals surface area contributed by atoms with Gasteiger partial charge in [-0.2, -0.15) is 18.4 Å². The van der Waals surface area contributed by atoms with E-state index in [-0.39, 0.29) is 0 Å². The van der Waals surface area contributed by atoms with Crippen molar-refractivity contribution in [1.82, 2.24) is 9.13 Å². The summed E-state index contributed by atoms with van der Waals surface area (Å²) in [5.41, 5.74) is 12.1. The molecule has 2 aromatic heterocycles. The number of fused-ring (bicyclic) bond motifs is 6. The van der Waals surface area contributed by atoms with E-state index >= 15 is 0 Å². The van der Waals surface area contributed by atoms with Crippen LogP contribution in [0.15, 0.2) is 170 Å². The van der Waals surface area contributed by atoms with Crippen LogP contribution in [0.4, 0.5) is 18.9 Å². The van der Waals surface area contributed by atoms with Gasteiger partial charge in [0.15, 0.2) is 0 Å². The third-order valence-electron chi connectivity index (χ3n) is 11.3. The van der Waals surface area contributed by atoms with Gasteiger partial charge in [0.1, 0.15) is 6.07 Å². The van der Waals surface area contributed by atoms with Crippen molar-refractivity contribution < 1.29 is 13.2 Å². The molecule has 0 saturated carbocycles. The fourth-order valence-electron chi connectivity index (χ4n) is 8.39. The smallest absolute Gasteiger partial charge is 0.319 e. The third-order valence-corrected chi connectivity index (χ3v) is 11.3. The van der Waals surface area contributed by atoms with Crippen LogP contribution in [-0.4, -0.2) is 9.13 Å². The quantitative estimate of drug-likeness (QED) is 0.161. The molecule has 0 radical (unpaired) electrons. The number of benzene rings is 8. The zero-order chi connectivity index (χ0) is 40.4. The van der Waals surface area contributed by atoms with Crippen LogP contribution in [0.5, 0.6) is 0 Å². The fourth-order valence-corrected chi connectivity index (χ4v) is 8.39. The van der Waals surface area contributed by atoms with Gasteiger partial charge in [-0.15, -0.1) is 0 Å². The predicted octanol–water partition coefficient (Wildman–Crippen LogP) is 14.6. The highest BCUT2D eigenvalue weighted by atomic mass is 19.4. The first kappa shape index (κ1) is 35.5. The lowest BCUT2D eigenvalue weighted by atomic mass is 10.0. The molecule has 280 valence electrons. The second-order valence-electron chi connectivity index (χ2n) is 14.8. The number of para-hydroxylation sites is 2. The van der Waals surface area contributed by atoms with Crippen LogP contribution in [0, 0.1) is 24.8 Å². The summed E-state index contributed by atoms with van der Waals surface area (Å²) in [5.74, 6) is 0. The Hall–Kier alpha value is -7.87. The predicted molar refractivity (Wildman–Crippen MR) is 232 cm³/mol. The standard InChI is InChI=1S/C52H31F3N4/c1-32-11-13-33(14-12-32)35-20-25-48-43(27-35)41-7-3-5-9-46(41)58(48)50-29-37(15-16-39(50)31-56)38-19-24-45(57-2)51(30-38)59-47-10-6-4-8-42(47)44-28-36(21-26-49(44)59)34-17-22-40(23-18-34)52(53,54)55/h3-30H,1H3. The number of nitriles is 1. The number of hydrogen-bond donors (Lipinski definition) is 0. The van der Waals surface area contributed by atoms with Gasteiger partial charge in [0.05, 0.1) is 51.1 Å². The minimum atomic E-state index is -4.41. The largest absolute Gasteiger partial charge is 0.416 e. The van der Waals surface area contributed by atoms with E-state index in [1.165, 1.54) is 17.7 Å². The summed E-state index contributed by atoms with van der Waals surface area (Å²) in [5, 5.41) is 14.5. The molecule has 0 amide bonds. The number of alkyl halides is 3. The molecule has 0 bridgehead atoms. The number of nitrogens with zero attached hydrogens (tertiary/aromatic N) is 4. The van der Waals surface area contributed by atoms with Gasteiger partial charge in [0.25, 0.3) is 0 Å². The number of rotatable bonds is 5. The molecule has 8 aromatic carbocycles. The lowest BCUT2D eigenvalue weighted by Crippen LogP contribution is -2.03. The summed E-state index contributed by atoms with van der Waals surface area (Å²) in [6.07, 6.45) is -4.41. The second kappa shape index (κ2) is 13.7. The Morgan fingerprint density at radius 3 is 1.47 bits per heavy atom. The van der Waals surface area contributed by atoms with Crippen LogP contribution < -0.4 is 0 Å². The molecule has 0 N–H and O–H groups in total. The van der Waals surface area contributed by atoms with Gasteiger partial charge in [-0.1, -0.05) is 109 Å². The Morgan fingerprint density at radius 2 is 0.932 bits per heavy atom. The SMILES string of the molecule is [C-]#[N+]c1ccc(-c2ccc(C#N)c(-n3c4ccccc4c4cc(-c5ccc(C)cc5)ccc43)c2)cc1-n1c2ccccc2c2cc(-c3ccc(C(F)(F)F)cc3)ccc21. The van der Waals surface area contributed by atoms with Crippen molar-refractivity contribution in [3.8, 4) is 50.8 Å². The fraction of sp³-hybridized carbons (Fsp3) is 0.0385. The van der Waals surface area contributed by atoms with Crippen molar-refractivity contribution in [2.24, 2.45) is 0 Å². The van der Waals surface area contributed by atoms with Gasteiger partial charge in [0.2, 0.25) is 5.69 Å². The molecular formula is C52H31F3N4. The molecule has 10 aromatic rings. The van der Waals surface area contributed by atoms with Crippen molar-refractivity contribution in [3.63, 3.8) is 0 Å². The van der Waals surface area contributed by atoms with E-state index in [1.807, 2.05) is 84.9 Å². The van der Waals surface area contributed by atoms with Gasteiger partial charge < -0.3 is 9.13 Å². The zero-order valence-electron chi connectivity index (χ0n) is 31.6. The summed E-state index contributed by atoms with van der Waals surface area (Å²) in [6.45, 7) is 10.3. The highest BCUT2D eigenvalue weighted by molar-refractivity contribution is 6.12. The zero-order valence-corrected chi connectivity index (χ0v) is 31.6. The summed E-state index contributed by atoms with van der Waals surface area (Å²) >= 11 is 0. The summed E-state index contributed by atoms with van der Waals surface area (Å²) in [6, 6.07) is 56.4. The molecule has 4 nitrogen and oxygen atoms in total. The Morgan fingerprint density at radius 1 is 0.492 bits per heavy atom. The molecule has 0 aliphatic rings. The van der Waals surface area contributed by atoms with Crippen LogP contribution in [0.2, 0.25) is 0 Å². The van der Waals surface area contributed by atoms with Crippen molar-refractivity contribution in [2.75, 3.05) is 0 Å². The number of hydrogen-bond acceptors (Lipinski definition) is 1. The number of halogens is 3. The van der Waals surface area contributed by atoms with Crippen molar-refractivity contribution in [2.45, 2.75) is 13.1 Å². The molecule has 59 heavy (non-hydrogen) atoms. The summed E-state index contributed by atoms with van der Waals surface area (Å²) in [4.78, 5) is 3.95. The molecule has 0 unspecified atom stereocenters. The first-order valence-corrected chi connectivity index (χ1v) is 19.1. The Bertz CT molecular complexity index is 3390. The van der Waals surface area contributed by atoms with E-state index in [9.17, 15) is 18.4 Å². The van der Waals surface area contributed by atoms with Crippen LogP contribution in [-0.2, 0) is 6.18 Å². The van der Waals surface area contributed by atoms with Crippen LogP contribution in [0.25, 0.3) is 93.2 Å². The van der Waals surface area contributed by atoms with Gasteiger partial charge in [0, 0.05) is 21.5 Å². The normalized spacial score (nSPS) is 11.7. The molecule has 0 aliphatic heterocycles. The maximum absolute atomic E-state index is 13.3. The third kappa shape index (κ3) is 5.91. The number of aryl methyl sites for hydroxylation is 1. The highest BCUT2D eigenvalue weighted by Gasteiger charge is 2.30. The molecule has 2 heterocycles. The van der Waals surface area contributed by atoms with E-state index < -0.39 is 11.7 Å². The molecular weight excluding hydrogens is 738 g/mol. The summed E-state index contributed by atoms with van der Waals surface area (Å²) < 4.78 is 44.2. The van der Waals surface area contributed by atoms with Gasteiger partial charge in [-0.3, -0.25) is 0 Å². The minimum Gasteiger partial charge on any atom is -0.319 e. The minimum absolute atomic E-state index is 0.462. The van der Waals surface area contributed by atoms with Gasteiger partial charge in [-0.05, 0) is 107 Å². The van der Waals surface area contributed by atoms with Crippen LogP contribution in [0.1, 0.15) is 16.7 Å². The Labute approximate surface area is 337 Å². The second-order valence-corrected chi connectivity index (χ2v) is 14.8. The molecule has 0 atom stereocenters. The van der Waals surface area contributed by atoms with Crippen LogP contribution >= 0.6 is 0 Å². The van der Waals surface area contributed by atoms with Gasteiger partial charge in [-0.25, -0.2) is 4.85 Å². The Kier molecular flexibility index (Phi) is 8.23. The average Bonchev–Trinajstić information content (AvgIpc) is 3.78. The van der Waals surface area contributed by atoms with E-state index in [4.69, 9.17) is 6.57 Å². The first-order chi connectivity index (χ1) is 28.7. The van der Waals surface area contributed by atoms with E-state index in [1.54, 1.807) is 0 Å². The topological polar surface area (TPSA) is 38.0 Å². The van der Waals surface area contributed by atoms with E-state index in [2.05, 4.69) is 87.6 Å². The molecule has 0 saturated heterocycles. The van der Waals surface area contributed by atoms with Crippen molar-refractivity contribution >= 4 is 49.3 Å². The van der Waals surface area contributed by atoms with E-state index in [0.29, 0.717) is 22.5 Å². The summed E-state index contributed by atoms with van der Waals surface area (Å²) in [7, 11) is 0. The Balaban J connectivity index is 1.12. The molecule has 7 heteroatoms. The lowest BCUT2D eigenvalue weighted by Gasteiger charge is -2.15. The van der Waals surface area contributed by atoms with Gasteiger partial charge >= 0.3 is 6.18 Å². The molecule has 0 fully saturated rings. The maximum atomic E-state index is 13.3. The van der Waals surface area contributed by atoms with Crippen molar-refractivity contribution in [3.05, 3.63) is 198 Å². The molecule has 0 spiro atoms. The molecule has 0 aliphatic carbocycles. The average molecular weight is 769 g/mol. The van der Waals surface area contributed by atoms with E-state index in [0.717, 1.165) is 89.2 Å². The van der Waals surface area contributed by atoms with Crippen LogP contribution in [0.3, 0.4) is 0 Å². The highest BCUT2D eigenvalue weighted by Crippen LogP contribution is 2.41. The molecule has 10 rings (SSSR count). The maximum Gasteiger partial charge on any atom is 0.416 e. The number of aromatic nitrogens is 2. The van der Waals surface area contributed by atoms with Crippen molar-refractivity contribution in [1.29, 1.82) is 5.26 Å². The lowest BCUT2D eigenvalue weighted by molar-refractivity contribution is -0.137. The monoisotopic (exact) mass is 768 g/mol. The first-order valence-electron chi connectivity index (χ1n) is 19.1.